The standard InChI is InChI=1S/C21H21FN4O/c1-3-26(20(27)17-9-11-18(22)12-10-17)19-13-14-23-21(25-19)24-15(2)16-7-5-4-6-8-16/h4-15H,3H2,1-2H3,(H,23,24,25)/t15-/m0/s1. The Balaban J connectivity index is 1.80. The minimum absolute atomic E-state index is 0.0179. The summed E-state index contributed by atoms with van der Waals surface area (Å²) in [6, 6.07) is 17.2. The third kappa shape index (κ3) is 4.47. The molecule has 138 valence electrons. The molecule has 3 rings (SSSR count). The number of nitrogens with zero attached hydrogens (tertiary/aromatic N) is 3. The molecule has 1 aromatic heterocycles. The number of rotatable bonds is 6. The molecule has 0 fully saturated rings. The molecule has 0 aliphatic carbocycles. The topological polar surface area (TPSA) is 58.1 Å². The average molecular weight is 364 g/mol. The van der Waals surface area contributed by atoms with Gasteiger partial charge in [-0.3, -0.25) is 9.69 Å². The van der Waals surface area contributed by atoms with E-state index in [-0.39, 0.29) is 17.8 Å². The number of benzene rings is 2. The third-order valence-electron chi connectivity index (χ3n) is 4.22. The van der Waals surface area contributed by atoms with Gasteiger partial charge in [-0.2, -0.15) is 4.98 Å². The van der Waals surface area contributed by atoms with Crippen LogP contribution in [0.4, 0.5) is 16.2 Å². The van der Waals surface area contributed by atoms with Gasteiger partial charge in [-0.15, -0.1) is 0 Å². The van der Waals surface area contributed by atoms with Gasteiger partial charge in [0.05, 0.1) is 6.04 Å². The minimum atomic E-state index is -0.377. The zero-order chi connectivity index (χ0) is 19.2. The van der Waals surface area contributed by atoms with Crippen LogP contribution in [0.15, 0.2) is 66.9 Å². The lowest BCUT2D eigenvalue weighted by atomic mass is 10.1. The SMILES string of the molecule is CCN(C(=O)c1ccc(F)cc1)c1ccnc(N[C@@H](C)c2ccccc2)n1. The van der Waals surface area contributed by atoms with E-state index in [2.05, 4.69) is 15.3 Å². The van der Waals surface area contributed by atoms with Gasteiger partial charge in [-0.1, -0.05) is 30.3 Å². The normalized spacial score (nSPS) is 11.7. The summed E-state index contributed by atoms with van der Waals surface area (Å²) in [7, 11) is 0. The third-order valence-corrected chi connectivity index (χ3v) is 4.22. The zero-order valence-electron chi connectivity index (χ0n) is 15.3. The van der Waals surface area contributed by atoms with E-state index in [1.165, 1.54) is 29.2 Å². The molecule has 0 unspecified atom stereocenters. The molecule has 1 amide bonds. The maximum atomic E-state index is 13.1. The molecule has 3 aromatic rings. The molecular weight excluding hydrogens is 343 g/mol. The second kappa shape index (κ2) is 8.40. The Morgan fingerprint density at radius 3 is 2.48 bits per heavy atom. The lowest BCUT2D eigenvalue weighted by Crippen LogP contribution is -2.31. The van der Waals surface area contributed by atoms with Crippen molar-refractivity contribution < 1.29 is 9.18 Å². The summed E-state index contributed by atoms with van der Waals surface area (Å²) in [6.45, 7) is 4.32. The molecule has 5 nitrogen and oxygen atoms in total. The number of amides is 1. The monoisotopic (exact) mass is 364 g/mol. The van der Waals surface area contributed by atoms with Crippen LogP contribution in [0.3, 0.4) is 0 Å². The largest absolute Gasteiger partial charge is 0.348 e. The van der Waals surface area contributed by atoms with Gasteiger partial charge in [-0.25, -0.2) is 9.37 Å². The molecule has 0 bridgehead atoms. The Morgan fingerprint density at radius 2 is 1.81 bits per heavy atom. The molecule has 0 saturated heterocycles. The number of hydrogen-bond acceptors (Lipinski definition) is 4. The van der Waals surface area contributed by atoms with Gasteiger partial charge in [0.15, 0.2) is 0 Å². The quantitative estimate of drug-likeness (QED) is 0.702. The summed E-state index contributed by atoms with van der Waals surface area (Å²) in [4.78, 5) is 23.0. The molecule has 0 radical (unpaired) electrons. The Bertz CT molecular complexity index is 900. The molecule has 27 heavy (non-hydrogen) atoms. The number of aromatic nitrogens is 2. The predicted octanol–water partition coefficient (Wildman–Crippen LogP) is 4.46. The highest BCUT2D eigenvalue weighted by atomic mass is 19.1. The first-order valence-electron chi connectivity index (χ1n) is 8.80. The second-order valence-electron chi connectivity index (χ2n) is 6.07. The van der Waals surface area contributed by atoms with Crippen molar-refractivity contribution in [2.75, 3.05) is 16.8 Å². The van der Waals surface area contributed by atoms with E-state index >= 15 is 0 Å². The van der Waals surface area contributed by atoms with Crippen LogP contribution in [0.25, 0.3) is 0 Å². The Hall–Kier alpha value is -3.28. The Labute approximate surface area is 157 Å². The summed E-state index contributed by atoms with van der Waals surface area (Å²) in [6.07, 6.45) is 1.61. The van der Waals surface area contributed by atoms with E-state index in [9.17, 15) is 9.18 Å². The van der Waals surface area contributed by atoms with Crippen molar-refractivity contribution in [1.29, 1.82) is 0 Å². The van der Waals surface area contributed by atoms with Crippen LogP contribution in [0.2, 0.25) is 0 Å². The van der Waals surface area contributed by atoms with Gasteiger partial charge in [0.2, 0.25) is 5.95 Å². The van der Waals surface area contributed by atoms with Crippen LogP contribution in [-0.4, -0.2) is 22.4 Å². The van der Waals surface area contributed by atoms with Crippen LogP contribution in [0, 0.1) is 5.82 Å². The number of carbonyl (C=O) groups is 1. The first-order chi connectivity index (χ1) is 13.1. The zero-order valence-corrected chi connectivity index (χ0v) is 15.3. The first kappa shape index (κ1) is 18.5. The van der Waals surface area contributed by atoms with Crippen molar-refractivity contribution in [3.63, 3.8) is 0 Å². The molecule has 0 saturated carbocycles. The van der Waals surface area contributed by atoms with Crippen LogP contribution in [0.1, 0.15) is 35.8 Å². The van der Waals surface area contributed by atoms with Crippen LogP contribution in [-0.2, 0) is 0 Å². The summed E-state index contributed by atoms with van der Waals surface area (Å²) in [5.41, 5.74) is 1.52. The smallest absolute Gasteiger partial charge is 0.259 e. The lowest BCUT2D eigenvalue weighted by molar-refractivity contribution is 0.0987. The summed E-state index contributed by atoms with van der Waals surface area (Å²) >= 11 is 0. The summed E-state index contributed by atoms with van der Waals surface area (Å²) in [5, 5.41) is 3.25. The van der Waals surface area contributed by atoms with Crippen molar-refractivity contribution in [3.05, 3.63) is 83.8 Å². The van der Waals surface area contributed by atoms with E-state index in [0.717, 1.165) is 5.56 Å². The van der Waals surface area contributed by atoms with E-state index in [4.69, 9.17) is 0 Å². The molecule has 0 spiro atoms. The maximum absolute atomic E-state index is 13.1. The van der Waals surface area contributed by atoms with E-state index in [0.29, 0.717) is 23.9 Å². The van der Waals surface area contributed by atoms with Crippen molar-refractivity contribution in [2.45, 2.75) is 19.9 Å². The van der Waals surface area contributed by atoms with E-state index < -0.39 is 0 Å². The first-order valence-corrected chi connectivity index (χ1v) is 8.80. The van der Waals surface area contributed by atoms with Gasteiger partial charge in [0, 0.05) is 18.3 Å². The molecule has 2 aromatic carbocycles. The van der Waals surface area contributed by atoms with E-state index in [1.54, 1.807) is 12.3 Å². The number of nitrogens with one attached hydrogen (secondary N) is 1. The number of anilines is 2. The fourth-order valence-electron chi connectivity index (χ4n) is 2.75. The summed E-state index contributed by atoms with van der Waals surface area (Å²) < 4.78 is 13.1. The average Bonchev–Trinajstić information content (AvgIpc) is 2.70. The van der Waals surface area contributed by atoms with Gasteiger partial charge in [-0.05, 0) is 49.7 Å². The van der Waals surface area contributed by atoms with Crippen LogP contribution >= 0.6 is 0 Å². The molecule has 1 atom stereocenters. The Kier molecular flexibility index (Phi) is 5.76. The molecule has 6 heteroatoms. The number of hydrogen-bond donors (Lipinski definition) is 1. The minimum Gasteiger partial charge on any atom is -0.348 e. The van der Waals surface area contributed by atoms with E-state index in [1.807, 2.05) is 44.2 Å². The Morgan fingerprint density at radius 1 is 1.11 bits per heavy atom. The lowest BCUT2D eigenvalue weighted by Gasteiger charge is -2.21. The molecule has 0 aliphatic rings. The highest BCUT2D eigenvalue weighted by Gasteiger charge is 2.18. The van der Waals surface area contributed by atoms with Gasteiger partial charge < -0.3 is 5.32 Å². The number of halogens is 1. The second-order valence-corrected chi connectivity index (χ2v) is 6.07. The fourth-order valence-corrected chi connectivity index (χ4v) is 2.75. The van der Waals surface area contributed by atoms with Crippen molar-refractivity contribution in [3.8, 4) is 0 Å². The fraction of sp³-hybridized carbons (Fsp3) is 0.190. The van der Waals surface area contributed by atoms with Crippen LogP contribution in [0.5, 0.6) is 0 Å². The highest BCUT2D eigenvalue weighted by molar-refractivity contribution is 6.05. The molecule has 1 N–H and O–H groups in total. The molecular formula is C21H21FN4O. The molecule has 1 heterocycles. The van der Waals surface area contributed by atoms with Crippen LogP contribution < -0.4 is 10.2 Å². The van der Waals surface area contributed by atoms with Gasteiger partial charge in [0.1, 0.15) is 11.6 Å². The molecule has 0 aliphatic heterocycles. The van der Waals surface area contributed by atoms with Gasteiger partial charge in [0.25, 0.3) is 5.91 Å². The highest BCUT2D eigenvalue weighted by Crippen LogP contribution is 2.20. The number of carbonyl (C=O) groups excluding carboxylic acids is 1. The van der Waals surface area contributed by atoms with Crippen molar-refractivity contribution in [1.82, 2.24) is 9.97 Å². The van der Waals surface area contributed by atoms with Crippen molar-refractivity contribution in [2.24, 2.45) is 0 Å². The summed E-state index contributed by atoms with van der Waals surface area (Å²) in [5.74, 6) is 0.315. The predicted molar refractivity (Wildman–Crippen MR) is 104 cm³/mol. The van der Waals surface area contributed by atoms with Gasteiger partial charge >= 0.3 is 0 Å². The van der Waals surface area contributed by atoms with Crippen molar-refractivity contribution >= 4 is 17.7 Å². The maximum Gasteiger partial charge on any atom is 0.259 e.